The summed E-state index contributed by atoms with van der Waals surface area (Å²) in [6.45, 7) is 9.84. The molecular weight excluding hydrogens is 214 g/mol. The van der Waals surface area contributed by atoms with E-state index in [9.17, 15) is 5.11 Å². The Hall–Kier alpha value is -0.870. The van der Waals surface area contributed by atoms with E-state index in [0.717, 1.165) is 12.2 Å². The van der Waals surface area contributed by atoms with E-state index in [4.69, 9.17) is 0 Å². The van der Waals surface area contributed by atoms with Crippen LogP contribution in [-0.2, 0) is 19.0 Å². The van der Waals surface area contributed by atoms with E-state index in [1.165, 1.54) is 5.56 Å². The van der Waals surface area contributed by atoms with E-state index in [0.29, 0.717) is 6.54 Å². The maximum Gasteiger partial charge on any atom is 0.0722 e. The molecule has 0 aliphatic heterocycles. The Labute approximate surface area is 104 Å². The third-order valence-corrected chi connectivity index (χ3v) is 2.63. The van der Waals surface area contributed by atoms with E-state index >= 15 is 0 Å². The van der Waals surface area contributed by atoms with Crippen LogP contribution in [0.15, 0.2) is 6.20 Å². The van der Waals surface area contributed by atoms with Gasteiger partial charge in [-0.1, -0.05) is 20.8 Å². The van der Waals surface area contributed by atoms with Crippen molar-refractivity contribution in [3.05, 3.63) is 17.5 Å². The fourth-order valence-electron chi connectivity index (χ4n) is 2.09. The molecule has 1 aromatic heterocycles. The number of aliphatic hydroxyl groups is 1. The maximum atomic E-state index is 9.37. The second-order valence-corrected chi connectivity index (χ2v) is 5.97. The van der Waals surface area contributed by atoms with E-state index in [2.05, 4.69) is 37.0 Å². The van der Waals surface area contributed by atoms with Gasteiger partial charge in [-0.2, -0.15) is 5.10 Å². The number of hydrogen-bond donors (Lipinski definition) is 1. The first kappa shape index (κ1) is 14.2. The molecule has 0 radical (unpaired) electrons. The molecule has 0 saturated heterocycles. The molecule has 1 rings (SSSR count). The SMILES string of the molecule is C[C@H](O)CN(C)Cc1cn(C)nc1C(C)(C)C. The summed E-state index contributed by atoms with van der Waals surface area (Å²) in [5.74, 6) is 0. The van der Waals surface area contributed by atoms with Crippen LogP contribution in [0.3, 0.4) is 0 Å². The Bertz CT molecular complexity index is 363. The minimum absolute atomic E-state index is 0.0578. The van der Waals surface area contributed by atoms with Crippen LogP contribution in [0.5, 0.6) is 0 Å². The zero-order chi connectivity index (χ0) is 13.2. The molecule has 0 saturated carbocycles. The first-order valence-electron chi connectivity index (χ1n) is 6.09. The summed E-state index contributed by atoms with van der Waals surface area (Å²) < 4.78 is 1.87. The zero-order valence-electron chi connectivity index (χ0n) is 11.9. The molecule has 0 fully saturated rings. The van der Waals surface area contributed by atoms with Crippen LogP contribution in [-0.4, -0.2) is 39.5 Å². The normalized spacial score (nSPS) is 14.4. The van der Waals surface area contributed by atoms with Gasteiger partial charge in [-0.05, 0) is 14.0 Å². The molecule has 1 heterocycles. The van der Waals surface area contributed by atoms with Crippen LogP contribution in [0.4, 0.5) is 0 Å². The second kappa shape index (κ2) is 5.19. The minimum Gasteiger partial charge on any atom is -0.392 e. The molecule has 0 aliphatic rings. The fourth-order valence-corrected chi connectivity index (χ4v) is 2.09. The summed E-state index contributed by atoms with van der Waals surface area (Å²) in [6, 6.07) is 0. The predicted molar refractivity (Wildman–Crippen MR) is 69.9 cm³/mol. The number of aliphatic hydroxyl groups excluding tert-OH is 1. The first-order valence-corrected chi connectivity index (χ1v) is 6.09. The summed E-state index contributed by atoms with van der Waals surface area (Å²) in [4.78, 5) is 2.12. The second-order valence-electron chi connectivity index (χ2n) is 5.97. The van der Waals surface area contributed by atoms with Crippen LogP contribution < -0.4 is 0 Å². The molecule has 0 bridgehead atoms. The smallest absolute Gasteiger partial charge is 0.0722 e. The van der Waals surface area contributed by atoms with Gasteiger partial charge >= 0.3 is 0 Å². The predicted octanol–water partition coefficient (Wildman–Crippen LogP) is 1.53. The molecular formula is C13H25N3O. The molecule has 0 aliphatic carbocycles. The van der Waals surface area contributed by atoms with Crippen molar-refractivity contribution in [1.82, 2.24) is 14.7 Å². The summed E-state index contributed by atoms with van der Waals surface area (Å²) in [5, 5.41) is 13.9. The van der Waals surface area contributed by atoms with Crippen LogP contribution in [0.2, 0.25) is 0 Å². The summed E-state index contributed by atoms with van der Waals surface area (Å²) in [5.41, 5.74) is 2.43. The Morgan fingerprint density at radius 1 is 1.47 bits per heavy atom. The lowest BCUT2D eigenvalue weighted by atomic mass is 9.89. The number of likely N-dealkylation sites (N-methyl/N-ethyl adjacent to an activating group) is 1. The van der Waals surface area contributed by atoms with Crippen LogP contribution in [0.25, 0.3) is 0 Å². The molecule has 0 unspecified atom stereocenters. The van der Waals surface area contributed by atoms with Gasteiger partial charge in [0.1, 0.15) is 0 Å². The van der Waals surface area contributed by atoms with Crippen molar-refractivity contribution in [1.29, 1.82) is 0 Å². The molecule has 4 heteroatoms. The van der Waals surface area contributed by atoms with Gasteiger partial charge < -0.3 is 5.11 Å². The highest BCUT2D eigenvalue weighted by atomic mass is 16.3. The molecule has 4 nitrogen and oxygen atoms in total. The van der Waals surface area contributed by atoms with Gasteiger partial charge in [-0.3, -0.25) is 9.58 Å². The van der Waals surface area contributed by atoms with Gasteiger partial charge in [-0.15, -0.1) is 0 Å². The van der Waals surface area contributed by atoms with Gasteiger partial charge in [-0.25, -0.2) is 0 Å². The Balaban J connectivity index is 2.84. The highest BCUT2D eigenvalue weighted by Crippen LogP contribution is 2.24. The third kappa shape index (κ3) is 4.13. The van der Waals surface area contributed by atoms with Gasteiger partial charge in [0, 0.05) is 37.3 Å². The molecule has 98 valence electrons. The van der Waals surface area contributed by atoms with Gasteiger partial charge in [0.2, 0.25) is 0 Å². The Morgan fingerprint density at radius 2 is 2.06 bits per heavy atom. The Kier molecular flexibility index (Phi) is 4.33. The largest absolute Gasteiger partial charge is 0.392 e. The third-order valence-electron chi connectivity index (χ3n) is 2.63. The maximum absolute atomic E-state index is 9.37. The monoisotopic (exact) mass is 239 g/mol. The van der Waals surface area contributed by atoms with E-state index in [1.807, 2.05) is 25.7 Å². The number of hydrogen-bond acceptors (Lipinski definition) is 3. The van der Waals surface area contributed by atoms with Crippen molar-refractivity contribution in [2.24, 2.45) is 7.05 Å². The highest BCUT2D eigenvalue weighted by Gasteiger charge is 2.22. The lowest BCUT2D eigenvalue weighted by Gasteiger charge is -2.21. The number of aryl methyl sites for hydroxylation is 1. The quantitative estimate of drug-likeness (QED) is 0.866. The van der Waals surface area contributed by atoms with Crippen molar-refractivity contribution < 1.29 is 5.11 Å². The topological polar surface area (TPSA) is 41.3 Å². The van der Waals surface area contributed by atoms with Gasteiger partial charge in [0.15, 0.2) is 0 Å². The van der Waals surface area contributed by atoms with Crippen molar-refractivity contribution >= 4 is 0 Å². The first-order chi connectivity index (χ1) is 7.70. The van der Waals surface area contributed by atoms with E-state index in [-0.39, 0.29) is 11.5 Å². The van der Waals surface area contributed by atoms with E-state index in [1.54, 1.807) is 0 Å². The standard InChI is InChI=1S/C13H25N3O/c1-10(17)7-15(5)8-11-9-16(6)14-12(11)13(2,3)4/h9-10,17H,7-8H2,1-6H3/t10-/m0/s1. The van der Waals surface area contributed by atoms with Crippen molar-refractivity contribution in [2.75, 3.05) is 13.6 Å². The molecule has 1 aromatic rings. The van der Waals surface area contributed by atoms with Crippen LogP contribution in [0.1, 0.15) is 39.0 Å². The highest BCUT2D eigenvalue weighted by molar-refractivity contribution is 5.23. The van der Waals surface area contributed by atoms with Crippen molar-refractivity contribution in [2.45, 2.75) is 45.8 Å². The number of aromatic nitrogens is 2. The molecule has 1 atom stereocenters. The summed E-state index contributed by atoms with van der Waals surface area (Å²) in [7, 11) is 3.97. The van der Waals surface area contributed by atoms with Gasteiger partial charge in [0.05, 0.1) is 11.8 Å². The average molecular weight is 239 g/mol. The van der Waals surface area contributed by atoms with Crippen LogP contribution >= 0.6 is 0 Å². The fraction of sp³-hybridized carbons (Fsp3) is 0.769. The number of nitrogens with zero attached hydrogens (tertiary/aromatic N) is 3. The lowest BCUT2D eigenvalue weighted by Crippen LogP contribution is -2.27. The van der Waals surface area contributed by atoms with Crippen LogP contribution in [0, 0.1) is 0 Å². The molecule has 0 aromatic carbocycles. The van der Waals surface area contributed by atoms with Crippen molar-refractivity contribution in [3.8, 4) is 0 Å². The lowest BCUT2D eigenvalue weighted by molar-refractivity contribution is 0.138. The van der Waals surface area contributed by atoms with Gasteiger partial charge in [0.25, 0.3) is 0 Å². The molecule has 0 amide bonds. The number of rotatable bonds is 4. The average Bonchev–Trinajstić information content (AvgIpc) is 2.43. The molecule has 0 spiro atoms. The summed E-state index contributed by atoms with van der Waals surface area (Å²) >= 11 is 0. The summed E-state index contributed by atoms with van der Waals surface area (Å²) in [6.07, 6.45) is 1.77. The van der Waals surface area contributed by atoms with Crippen molar-refractivity contribution in [3.63, 3.8) is 0 Å². The molecule has 1 N–H and O–H groups in total. The van der Waals surface area contributed by atoms with E-state index < -0.39 is 0 Å². The minimum atomic E-state index is -0.297. The Morgan fingerprint density at radius 3 is 2.53 bits per heavy atom. The zero-order valence-corrected chi connectivity index (χ0v) is 11.9. The molecule has 17 heavy (non-hydrogen) atoms.